The Morgan fingerprint density at radius 2 is 1.78 bits per heavy atom. The first-order valence-corrected chi connectivity index (χ1v) is 7.16. The van der Waals surface area contributed by atoms with Gasteiger partial charge in [-0.05, 0) is 35.2 Å². The van der Waals surface area contributed by atoms with Gasteiger partial charge in [-0.15, -0.1) is 13.2 Å². The van der Waals surface area contributed by atoms with E-state index >= 15 is 0 Å². The van der Waals surface area contributed by atoms with E-state index in [1.165, 1.54) is 12.1 Å². The lowest BCUT2D eigenvalue weighted by atomic mass is 10.00. The van der Waals surface area contributed by atoms with E-state index < -0.39 is 12.1 Å². The molecule has 0 atom stereocenters. The SMILES string of the molecule is CCCOc1ccc(-c2ccccc2CO)cc1OC(F)(F)F. The Bertz CT molecular complexity index is 654. The van der Waals surface area contributed by atoms with Crippen molar-refractivity contribution < 1.29 is 27.8 Å². The van der Waals surface area contributed by atoms with Gasteiger partial charge in [0.25, 0.3) is 0 Å². The molecule has 0 bridgehead atoms. The molecule has 6 heteroatoms. The average molecular weight is 326 g/mol. The molecule has 0 amide bonds. The molecule has 2 aromatic rings. The van der Waals surface area contributed by atoms with Gasteiger partial charge in [0.05, 0.1) is 13.2 Å². The molecular weight excluding hydrogens is 309 g/mol. The van der Waals surface area contributed by atoms with Crippen LogP contribution in [0.15, 0.2) is 42.5 Å². The minimum atomic E-state index is -4.81. The van der Waals surface area contributed by atoms with E-state index in [0.717, 1.165) is 0 Å². The van der Waals surface area contributed by atoms with E-state index in [1.54, 1.807) is 30.3 Å². The summed E-state index contributed by atoms with van der Waals surface area (Å²) in [6, 6.07) is 11.3. The van der Waals surface area contributed by atoms with Crippen LogP contribution in [0.4, 0.5) is 13.2 Å². The molecule has 0 aliphatic carbocycles. The standard InChI is InChI=1S/C17H17F3O3/c1-2-9-22-15-8-7-12(10-16(15)23-17(18,19)20)14-6-4-3-5-13(14)11-21/h3-8,10,21H,2,9,11H2,1H3. The average Bonchev–Trinajstić information content (AvgIpc) is 2.52. The van der Waals surface area contributed by atoms with Gasteiger partial charge in [0.1, 0.15) is 0 Å². The quantitative estimate of drug-likeness (QED) is 0.847. The fourth-order valence-electron chi connectivity index (χ4n) is 2.15. The minimum absolute atomic E-state index is 0.0365. The van der Waals surface area contributed by atoms with Crippen LogP contribution in [0.2, 0.25) is 0 Å². The van der Waals surface area contributed by atoms with Gasteiger partial charge in [-0.25, -0.2) is 0 Å². The second kappa shape index (κ2) is 7.37. The summed E-state index contributed by atoms with van der Waals surface area (Å²) in [4.78, 5) is 0. The third-order valence-corrected chi connectivity index (χ3v) is 3.13. The number of ether oxygens (including phenoxy) is 2. The summed E-state index contributed by atoms with van der Waals surface area (Å²) in [7, 11) is 0. The third-order valence-electron chi connectivity index (χ3n) is 3.13. The first kappa shape index (κ1) is 17.1. The Labute approximate surface area is 132 Å². The predicted octanol–water partition coefficient (Wildman–Crippen LogP) is 4.53. The van der Waals surface area contributed by atoms with Crippen molar-refractivity contribution in [3.63, 3.8) is 0 Å². The van der Waals surface area contributed by atoms with E-state index in [9.17, 15) is 18.3 Å². The second-order valence-electron chi connectivity index (χ2n) is 4.87. The monoisotopic (exact) mass is 326 g/mol. The fraction of sp³-hybridized carbons (Fsp3) is 0.294. The maximum atomic E-state index is 12.6. The Balaban J connectivity index is 2.44. The highest BCUT2D eigenvalue weighted by atomic mass is 19.4. The zero-order valence-electron chi connectivity index (χ0n) is 12.6. The summed E-state index contributed by atoms with van der Waals surface area (Å²) in [6.07, 6.45) is -4.14. The van der Waals surface area contributed by atoms with E-state index in [1.807, 2.05) is 6.92 Å². The Morgan fingerprint density at radius 1 is 1.04 bits per heavy atom. The largest absolute Gasteiger partial charge is 0.573 e. The van der Waals surface area contributed by atoms with Gasteiger partial charge in [-0.2, -0.15) is 0 Å². The van der Waals surface area contributed by atoms with E-state index in [4.69, 9.17) is 4.74 Å². The molecule has 0 aliphatic rings. The first-order valence-electron chi connectivity index (χ1n) is 7.16. The topological polar surface area (TPSA) is 38.7 Å². The smallest absolute Gasteiger partial charge is 0.490 e. The van der Waals surface area contributed by atoms with Gasteiger partial charge in [0.2, 0.25) is 0 Å². The molecule has 0 heterocycles. The lowest BCUT2D eigenvalue weighted by Gasteiger charge is -2.16. The number of hydrogen-bond donors (Lipinski definition) is 1. The zero-order valence-corrected chi connectivity index (χ0v) is 12.6. The van der Waals surface area contributed by atoms with Crippen molar-refractivity contribution in [1.29, 1.82) is 0 Å². The second-order valence-corrected chi connectivity index (χ2v) is 4.87. The molecule has 3 nitrogen and oxygen atoms in total. The van der Waals surface area contributed by atoms with Crippen molar-refractivity contribution in [2.75, 3.05) is 6.61 Å². The Kier molecular flexibility index (Phi) is 5.50. The summed E-state index contributed by atoms with van der Waals surface area (Å²) in [5.74, 6) is -0.356. The van der Waals surface area contributed by atoms with E-state index in [-0.39, 0.29) is 12.4 Å². The van der Waals surface area contributed by atoms with Gasteiger partial charge in [-0.3, -0.25) is 0 Å². The number of rotatable bonds is 6. The van der Waals surface area contributed by atoms with Gasteiger partial charge in [0.15, 0.2) is 11.5 Å². The van der Waals surface area contributed by atoms with Crippen LogP contribution in [0, 0.1) is 0 Å². The van der Waals surface area contributed by atoms with Crippen LogP contribution in [0.3, 0.4) is 0 Å². The molecule has 2 aromatic carbocycles. The number of halogens is 3. The highest BCUT2D eigenvalue weighted by Gasteiger charge is 2.32. The number of aliphatic hydroxyl groups excluding tert-OH is 1. The summed E-state index contributed by atoms with van der Waals surface area (Å²) in [5.41, 5.74) is 1.77. The summed E-state index contributed by atoms with van der Waals surface area (Å²) < 4.78 is 47.2. The first-order chi connectivity index (χ1) is 10.9. The number of hydrogen-bond acceptors (Lipinski definition) is 3. The molecule has 1 N–H and O–H groups in total. The summed E-state index contributed by atoms with van der Waals surface area (Å²) >= 11 is 0. The highest BCUT2D eigenvalue weighted by Crippen LogP contribution is 2.37. The minimum Gasteiger partial charge on any atom is -0.490 e. The number of benzene rings is 2. The van der Waals surface area contributed by atoms with Gasteiger partial charge in [0, 0.05) is 0 Å². The molecule has 0 saturated carbocycles. The molecule has 124 valence electrons. The van der Waals surface area contributed by atoms with Crippen LogP contribution in [-0.4, -0.2) is 18.1 Å². The van der Waals surface area contributed by atoms with Crippen LogP contribution < -0.4 is 9.47 Å². The zero-order chi connectivity index (χ0) is 16.9. The Morgan fingerprint density at radius 3 is 2.43 bits per heavy atom. The normalized spacial score (nSPS) is 11.3. The molecule has 0 spiro atoms. The van der Waals surface area contributed by atoms with Crippen molar-refractivity contribution in [1.82, 2.24) is 0 Å². The van der Waals surface area contributed by atoms with Crippen molar-refractivity contribution >= 4 is 0 Å². The van der Waals surface area contributed by atoms with Crippen LogP contribution in [0.25, 0.3) is 11.1 Å². The van der Waals surface area contributed by atoms with Crippen molar-refractivity contribution in [3.05, 3.63) is 48.0 Å². The molecule has 0 fully saturated rings. The highest BCUT2D eigenvalue weighted by molar-refractivity contribution is 5.70. The molecule has 2 rings (SSSR count). The van der Waals surface area contributed by atoms with Crippen LogP contribution >= 0.6 is 0 Å². The van der Waals surface area contributed by atoms with Crippen LogP contribution in [0.1, 0.15) is 18.9 Å². The fourth-order valence-corrected chi connectivity index (χ4v) is 2.15. The van der Waals surface area contributed by atoms with E-state index in [0.29, 0.717) is 29.7 Å². The van der Waals surface area contributed by atoms with Gasteiger partial charge < -0.3 is 14.6 Å². The molecule has 0 radical (unpaired) electrons. The molecule has 0 saturated heterocycles. The summed E-state index contributed by atoms with van der Waals surface area (Å²) in [6.45, 7) is 1.94. The molecule has 23 heavy (non-hydrogen) atoms. The molecule has 0 aromatic heterocycles. The lowest BCUT2D eigenvalue weighted by molar-refractivity contribution is -0.275. The van der Waals surface area contributed by atoms with Crippen molar-refractivity contribution in [2.24, 2.45) is 0 Å². The number of alkyl halides is 3. The van der Waals surface area contributed by atoms with Gasteiger partial charge >= 0.3 is 6.36 Å². The third kappa shape index (κ3) is 4.63. The molecule has 0 aliphatic heterocycles. The van der Waals surface area contributed by atoms with Crippen molar-refractivity contribution in [2.45, 2.75) is 26.3 Å². The molecular formula is C17H17F3O3. The van der Waals surface area contributed by atoms with Crippen molar-refractivity contribution in [3.8, 4) is 22.6 Å². The predicted molar refractivity (Wildman–Crippen MR) is 80.3 cm³/mol. The van der Waals surface area contributed by atoms with E-state index in [2.05, 4.69) is 4.74 Å². The summed E-state index contributed by atoms with van der Waals surface area (Å²) in [5, 5.41) is 9.37. The van der Waals surface area contributed by atoms with Gasteiger partial charge in [-0.1, -0.05) is 37.3 Å². The Hall–Kier alpha value is -2.21. The number of aliphatic hydroxyl groups is 1. The maximum absolute atomic E-state index is 12.6. The molecule has 0 unspecified atom stereocenters. The lowest BCUT2D eigenvalue weighted by Crippen LogP contribution is -2.18. The maximum Gasteiger partial charge on any atom is 0.573 e. The van der Waals surface area contributed by atoms with Crippen LogP contribution in [0.5, 0.6) is 11.5 Å². The van der Waals surface area contributed by atoms with Crippen LogP contribution in [-0.2, 0) is 6.61 Å².